The summed E-state index contributed by atoms with van der Waals surface area (Å²) >= 11 is 0. The largest absolute Gasteiger partial charge is 0.300 e. The van der Waals surface area contributed by atoms with E-state index >= 15 is 0 Å². The molecule has 0 aromatic heterocycles. The van der Waals surface area contributed by atoms with E-state index in [0.717, 1.165) is 25.9 Å². The molecule has 5 heteroatoms. The summed E-state index contributed by atoms with van der Waals surface area (Å²) in [6.07, 6.45) is 2.03. The summed E-state index contributed by atoms with van der Waals surface area (Å²) in [5, 5.41) is 2.11. The highest BCUT2D eigenvalue weighted by Gasteiger charge is 2.20. The number of halogens is 1. The van der Waals surface area contributed by atoms with Crippen molar-refractivity contribution in [3.05, 3.63) is 0 Å². The minimum Gasteiger partial charge on any atom is -0.300 e. The SMILES string of the molecule is CC(C)N1CCCC(C#CS(=O)(=O)Cl)C1. The second-order valence-electron chi connectivity index (χ2n) is 4.11. The average molecular weight is 250 g/mol. The summed E-state index contributed by atoms with van der Waals surface area (Å²) in [6, 6.07) is 0.488. The van der Waals surface area contributed by atoms with Gasteiger partial charge >= 0.3 is 9.05 Å². The van der Waals surface area contributed by atoms with Gasteiger partial charge in [0.15, 0.2) is 0 Å². The number of likely N-dealkylation sites (tertiary alicyclic amines) is 1. The molecule has 0 radical (unpaired) electrons. The van der Waals surface area contributed by atoms with Gasteiger partial charge < -0.3 is 0 Å². The van der Waals surface area contributed by atoms with Crippen LogP contribution in [0.15, 0.2) is 0 Å². The molecule has 1 fully saturated rings. The molecule has 0 aliphatic carbocycles. The van der Waals surface area contributed by atoms with Crippen LogP contribution in [0.25, 0.3) is 0 Å². The van der Waals surface area contributed by atoms with E-state index < -0.39 is 9.05 Å². The fraction of sp³-hybridized carbons (Fsp3) is 0.800. The molecule has 0 aromatic rings. The number of rotatable bonds is 1. The summed E-state index contributed by atoms with van der Waals surface area (Å²) in [5.74, 6) is 2.87. The van der Waals surface area contributed by atoms with Crippen molar-refractivity contribution in [1.29, 1.82) is 0 Å². The molecule has 0 spiro atoms. The molecule has 0 bridgehead atoms. The second kappa shape index (κ2) is 5.20. The minimum absolute atomic E-state index is 0.134. The van der Waals surface area contributed by atoms with Crippen molar-refractivity contribution in [2.75, 3.05) is 13.1 Å². The smallest absolute Gasteiger partial charge is 0.300 e. The van der Waals surface area contributed by atoms with Crippen molar-refractivity contribution in [2.24, 2.45) is 5.92 Å². The lowest BCUT2D eigenvalue weighted by atomic mass is 9.98. The molecule has 86 valence electrons. The van der Waals surface area contributed by atoms with Gasteiger partial charge in [0.05, 0.1) is 0 Å². The van der Waals surface area contributed by atoms with Gasteiger partial charge in [0.25, 0.3) is 0 Å². The van der Waals surface area contributed by atoms with E-state index in [0.29, 0.717) is 6.04 Å². The maximum atomic E-state index is 10.7. The lowest BCUT2D eigenvalue weighted by Gasteiger charge is -2.33. The molecule has 0 aromatic carbocycles. The van der Waals surface area contributed by atoms with E-state index in [1.165, 1.54) is 0 Å². The van der Waals surface area contributed by atoms with E-state index in [9.17, 15) is 8.42 Å². The fourth-order valence-electron chi connectivity index (χ4n) is 1.75. The second-order valence-corrected chi connectivity index (χ2v) is 6.41. The zero-order valence-electron chi connectivity index (χ0n) is 9.03. The topological polar surface area (TPSA) is 37.4 Å². The Balaban J connectivity index is 2.60. The predicted octanol–water partition coefficient (Wildman–Crippen LogP) is 1.64. The molecule has 15 heavy (non-hydrogen) atoms. The first-order chi connectivity index (χ1) is 6.88. The highest BCUT2D eigenvalue weighted by molar-refractivity contribution is 8.17. The molecule has 0 N–H and O–H groups in total. The first-order valence-corrected chi connectivity index (χ1v) is 7.40. The predicted molar refractivity (Wildman–Crippen MR) is 62.0 cm³/mol. The van der Waals surface area contributed by atoms with Crippen LogP contribution in [0.1, 0.15) is 26.7 Å². The summed E-state index contributed by atoms with van der Waals surface area (Å²) in [4.78, 5) is 2.31. The lowest BCUT2D eigenvalue weighted by Crippen LogP contribution is -2.39. The van der Waals surface area contributed by atoms with E-state index in [2.05, 4.69) is 29.9 Å². The first kappa shape index (κ1) is 12.8. The van der Waals surface area contributed by atoms with Gasteiger partial charge in [-0.3, -0.25) is 4.90 Å². The summed E-state index contributed by atoms with van der Waals surface area (Å²) in [5.41, 5.74) is 0. The van der Waals surface area contributed by atoms with Crippen molar-refractivity contribution < 1.29 is 8.42 Å². The molecule has 3 nitrogen and oxygen atoms in total. The van der Waals surface area contributed by atoms with E-state index in [1.54, 1.807) is 0 Å². The van der Waals surface area contributed by atoms with Crippen molar-refractivity contribution in [2.45, 2.75) is 32.7 Å². The normalized spacial score (nSPS) is 23.6. The van der Waals surface area contributed by atoms with Gasteiger partial charge in [-0.05, 0) is 33.2 Å². The molecule has 1 saturated heterocycles. The number of hydrogen-bond acceptors (Lipinski definition) is 3. The first-order valence-electron chi connectivity index (χ1n) is 5.09. The Bertz CT molecular complexity index is 367. The molecular formula is C10H16ClNO2S. The Morgan fingerprint density at radius 2 is 2.13 bits per heavy atom. The Hall–Kier alpha value is -0.240. The van der Waals surface area contributed by atoms with Gasteiger partial charge in [0.1, 0.15) is 0 Å². The van der Waals surface area contributed by atoms with E-state index in [1.807, 2.05) is 0 Å². The Labute approximate surface area is 96.2 Å². The summed E-state index contributed by atoms with van der Waals surface area (Å²) in [7, 11) is 1.37. The molecule has 1 aliphatic heterocycles. The molecule has 0 amide bonds. The van der Waals surface area contributed by atoms with Crippen LogP contribution in [-0.2, 0) is 9.05 Å². The van der Waals surface area contributed by atoms with Gasteiger partial charge in [0, 0.05) is 34.4 Å². The van der Waals surface area contributed by atoms with Gasteiger partial charge in [-0.25, -0.2) is 0 Å². The highest BCUT2D eigenvalue weighted by atomic mass is 35.7. The van der Waals surface area contributed by atoms with Crippen LogP contribution in [0.4, 0.5) is 0 Å². The monoisotopic (exact) mass is 249 g/mol. The summed E-state index contributed by atoms with van der Waals surface area (Å²) < 4.78 is 21.3. The molecule has 1 rings (SSSR count). The van der Waals surface area contributed by atoms with Gasteiger partial charge in [-0.15, -0.1) is 0 Å². The maximum absolute atomic E-state index is 10.7. The van der Waals surface area contributed by atoms with Gasteiger partial charge in [0.2, 0.25) is 0 Å². The third kappa shape index (κ3) is 4.87. The van der Waals surface area contributed by atoms with E-state index in [-0.39, 0.29) is 5.92 Å². The van der Waals surface area contributed by atoms with Crippen molar-refractivity contribution >= 4 is 19.7 Å². The van der Waals surface area contributed by atoms with Gasteiger partial charge in [-0.2, -0.15) is 8.42 Å². The zero-order valence-corrected chi connectivity index (χ0v) is 10.6. The number of piperidine rings is 1. The van der Waals surface area contributed by atoms with Crippen LogP contribution in [0.3, 0.4) is 0 Å². The molecule has 0 saturated carbocycles. The van der Waals surface area contributed by atoms with Crippen LogP contribution in [-0.4, -0.2) is 32.4 Å². The zero-order chi connectivity index (χ0) is 11.5. The van der Waals surface area contributed by atoms with Crippen molar-refractivity contribution in [1.82, 2.24) is 4.90 Å². The highest BCUT2D eigenvalue weighted by Crippen LogP contribution is 2.17. The van der Waals surface area contributed by atoms with Crippen LogP contribution < -0.4 is 0 Å². The molecule has 1 unspecified atom stereocenters. The van der Waals surface area contributed by atoms with Crippen LogP contribution in [0.2, 0.25) is 0 Å². The van der Waals surface area contributed by atoms with E-state index in [4.69, 9.17) is 10.7 Å². The molecular weight excluding hydrogens is 234 g/mol. The standard InChI is InChI=1S/C10H16ClNO2S/c1-9(2)12-6-3-4-10(8-12)5-7-15(11,13)14/h9-10H,3-4,6,8H2,1-2H3. The van der Waals surface area contributed by atoms with Crippen molar-refractivity contribution in [3.8, 4) is 11.2 Å². The van der Waals surface area contributed by atoms with Crippen LogP contribution in [0.5, 0.6) is 0 Å². The Morgan fingerprint density at radius 3 is 2.67 bits per heavy atom. The quantitative estimate of drug-likeness (QED) is 0.524. The molecule has 1 aliphatic rings. The Morgan fingerprint density at radius 1 is 1.47 bits per heavy atom. The Kier molecular flexibility index (Phi) is 4.45. The number of hydrogen-bond donors (Lipinski definition) is 0. The van der Waals surface area contributed by atoms with Crippen molar-refractivity contribution in [3.63, 3.8) is 0 Å². The van der Waals surface area contributed by atoms with Crippen LogP contribution in [0, 0.1) is 17.1 Å². The number of nitrogens with zero attached hydrogens (tertiary/aromatic N) is 1. The lowest BCUT2D eigenvalue weighted by molar-refractivity contribution is 0.161. The molecule has 1 atom stereocenters. The maximum Gasteiger partial charge on any atom is 0.300 e. The third-order valence-electron chi connectivity index (χ3n) is 2.57. The average Bonchev–Trinajstić information content (AvgIpc) is 2.14. The molecule has 1 heterocycles. The minimum atomic E-state index is -3.67. The van der Waals surface area contributed by atoms with Crippen LogP contribution >= 0.6 is 10.7 Å². The summed E-state index contributed by atoms with van der Waals surface area (Å²) in [6.45, 7) is 6.18. The third-order valence-corrected chi connectivity index (χ3v) is 3.16. The van der Waals surface area contributed by atoms with Gasteiger partial charge in [-0.1, -0.05) is 5.92 Å². The fourth-order valence-corrected chi connectivity index (χ4v) is 2.19.